The van der Waals surface area contributed by atoms with Crippen molar-refractivity contribution >= 4 is 11.8 Å². The largest absolute Gasteiger partial charge is 0.315 e. The highest BCUT2D eigenvalue weighted by Gasteiger charge is 2.40. The Balaban J connectivity index is 1.96. The summed E-state index contributed by atoms with van der Waals surface area (Å²) < 4.78 is 0. The van der Waals surface area contributed by atoms with E-state index >= 15 is 0 Å². The van der Waals surface area contributed by atoms with Gasteiger partial charge in [0.1, 0.15) is 0 Å². The van der Waals surface area contributed by atoms with Gasteiger partial charge in [0, 0.05) is 6.54 Å². The van der Waals surface area contributed by atoms with Crippen LogP contribution in [-0.2, 0) is 0 Å². The van der Waals surface area contributed by atoms with Crippen molar-refractivity contribution in [3.63, 3.8) is 0 Å². The minimum absolute atomic E-state index is 0.00598. The summed E-state index contributed by atoms with van der Waals surface area (Å²) in [5, 5.41) is 3.24. The zero-order chi connectivity index (χ0) is 12.7. The Bertz CT molecular complexity index is 519. The number of carbonyl (C=O) groups is 2. The molecular formula is C14H16N2O2. The van der Waals surface area contributed by atoms with Gasteiger partial charge in [-0.2, -0.15) is 0 Å². The van der Waals surface area contributed by atoms with E-state index in [1.165, 1.54) is 4.90 Å². The van der Waals surface area contributed by atoms with Crippen molar-refractivity contribution < 1.29 is 9.59 Å². The molecule has 4 heteroatoms. The third kappa shape index (κ3) is 1.64. The fraction of sp³-hybridized carbons (Fsp3) is 0.429. The van der Waals surface area contributed by atoms with Crippen molar-refractivity contribution in [1.82, 2.24) is 10.2 Å². The molecule has 1 atom stereocenters. The van der Waals surface area contributed by atoms with Crippen LogP contribution < -0.4 is 5.32 Å². The number of imide groups is 1. The molecule has 94 valence electrons. The Morgan fingerprint density at radius 1 is 1.22 bits per heavy atom. The second kappa shape index (κ2) is 4.21. The molecule has 3 rings (SSSR count). The fourth-order valence-corrected chi connectivity index (χ4v) is 2.76. The van der Waals surface area contributed by atoms with Gasteiger partial charge in [-0.1, -0.05) is 11.6 Å². The number of benzene rings is 1. The highest BCUT2D eigenvalue weighted by Crippen LogP contribution is 2.27. The molecule has 1 fully saturated rings. The first kappa shape index (κ1) is 11.4. The zero-order valence-corrected chi connectivity index (χ0v) is 10.4. The molecule has 2 heterocycles. The molecule has 0 aromatic heterocycles. The van der Waals surface area contributed by atoms with Crippen molar-refractivity contribution in [2.75, 3.05) is 13.1 Å². The third-order valence-corrected chi connectivity index (χ3v) is 3.71. The van der Waals surface area contributed by atoms with Crippen LogP contribution in [0.1, 0.15) is 39.1 Å². The van der Waals surface area contributed by atoms with E-state index in [0.29, 0.717) is 17.7 Å². The summed E-state index contributed by atoms with van der Waals surface area (Å²) in [5.41, 5.74) is 2.13. The summed E-state index contributed by atoms with van der Waals surface area (Å²) in [4.78, 5) is 26.1. The van der Waals surface area contributed by atoms with Gasteiger partial charge < -0.3 is 5.32 Å². The maximum atomic E-state index is 12.3. The Morgan fingerprint density at radius 3 is 2.72 bits per heavy atom. The summed E-state index contributed by atoms with van der Waals surface area (Å²) in [5.74, 6) is -0.267. The van der Waals surface area contributed by atoms with Crippen LogP contribution in [0.25, 0.3) is 0 Å². The van der Waals surface area contributed by atoms with E-state index < -0.39 is 0 Å². The number of fused-ring (bicyclic) bond motifs is 1. The highest BCUT2D eigenvalue weighted by atomic mass is 16.2. The first-order chi connectivity index (χ1) is 8.68. The zero-order valence-electron chi connectivity index (χ0n) is 10.4. The molecule has 18 heavy (non-hydrogen) atoms. The van der Waals surface area contributed by atoms with Crippen LogP contribution in [0, 0.1) is 6.92 Å². The standard InChI is InChI=1S/C14H16N2O2/c1-9-4-5-11-12(7-9)14(18)16(13(11)17)10-3-2-6-15-8-10/h4-5,7,10,15H,2-3,6,8H2,1H3/t10-/m0/s1. The van der Waals surface area contributed by atoms with E-state index in [2.05, 4.69) is 5.32 Å². The number of carbonyl (C=O) groups excluding carboxylic acids is 2. The van der Waals surface area contributed by atoms with E-state index in [0.717, 1.165) is 24.9 Å². The van der Waals surface area contributed by atoms with Gasteiger partial charge in [-0.25, -0.2) is 0 Å². The Labute approximate surface area is 106 Å². The third-order valence-electron chi connectivity index (χ3n) is 3.71. The van der Waals surface area contributed by atoms with Crippen LogP contribution in [0.3, 0.4) is 0 Å². The summed E-state index contributed by atoms with van der Waals surface area (Å²) in [6.45, 7) is 3.62. The molecule has 2 aliphatic rings. The minimum Gasteiger partial charge on any atom is -0.315 e. The molecular weight excluding hydrogens is 228 g/mol. The monoisotopic (exact) mass is 244 g/mol. The Kier molecular flexibility index (Phi) is 2.67. The van der Waals surface area contributed by atoms with Gasteiger partial charge in [-0.3, -0.25) is 14.5 Å². The predicted octanol–water partition coefficient (Wildman–Crippen LogP) is 1.34. The molecule has 1 N–H and O–H groups in total. The smallest absolute Gasteiger partial charge is 0.261 e. The van der Waals surface area contributed by atoms with Crippen LogP contribution in [-0.4, -0.2) is 35.8 Å². The molecule has 1 aromatic carbocycles. The van der Waals surface area contributed by atoms with Crippen molar-refractivity contribution in [2.45, 2.75) is 25.8 Å². The van der Waals surface area contributed by atoms with Gasteiger partial charge in [0.25, 0.3) is 11.8 Å². The lowest BCUT2D eigenvalue weighted by molar-refractivity contribution is 0.0561. The molecule has 4 nitrogen and oxygen atoms in total. The molecule has 0 spiro atoms. The summed E-state index contributed by atoms with van der Waals surface area (Å²) in [6, 6.07) is 5.46. The van der Waals surface area contributed by atoms with Gasteiger partial charge in [-0.15, -0.1) is 0 Å². The number of nitrogens with zero attached hydrogens (tertiary/aromatic N) is 1. The summed E-state index contributed by atoms with van der Waals surface area (Å²) in [7, 11) is 0. The normalized spacial score (nSPS) is 23.4. The van der Waals surface area contributed by atoms with Crippen molar-refractivity contribution in [2.24, 2.45) is 0 Å². The van der Waals surface area contributed by atoms with Crippen molar-refractivity contribution in [1.29, 1.82) is 0 Å². The lowest BCUT2D eigenvalue weighted by Crippen LogP contribution is -2.48. The average molecular weight is 244 g/mol. The van der Waals surface area contributed by atoms with E-state index in [-0.39, 0.29) is 17.9 Å². The van der Waals surface area contributed by atoms with Gasteiger partial charge in [0.05, 0.1) is 17.2 Å². The molecule has 2 aliphatic heterocycles. The van der Waals surface area contributed by atoms with E-state index in [1.54, 1.807) is 6.07 Å². The van der Waals surface area contributed by atoms with Crippen LogP contribution in [0.5, 0.6) is 0 Å². The van der Waals surface area contributed by atoms with E-state index in [4.69, 9.17) is 0 Å². The van der Waals surface area contributed by atoms with Crippen LogP contribution in [0.2, 0.25) is 0 Å². The lowest BCUT2D eigenvalue weighted by Gasteiger charge is -2.29. The first-order valence-corrected chi connectivity index (χ1v) is 6.38. The number of amides is 2. The molecule has 0 saturated carbocycles. The molecule has 1 saturated heterocycles. The molecule has 0 unspecified atom stereocenters. The molecule has 0 bridgehead atoms. The second-order valence-electron chi connectivity index (χ2n) is 5.03. The van der Waals surface area contributed by atoms with Crippen molar-refractivity contribution in [3.8, 4) is 0 Å². The number of hydrogen-bond donors (Lipinski definition) is 1. The predicted molar refractivity (Wildman–Crippen MR) is 67.6 cm³/mol. The SMILES string of the molecule is Cc1ccc2c(c1)C(=O)N([C@H]1CCCNC1)C2=O. The van der Waals surface area contributed by atoms with E-state index in [1.807, 2.05) is 19.1 Å². The number of nitrogens with one attached hydrogen (secondary N) is 1. The number of rotatable bonds is 1. The number of hydrogen-bond acceptors (Lipinski definition) is 3. The first-order valence-electron chi connectivity index (χ1n) is 6.38. The Morgan fingerprint density at radius 2 is 2.00 bits per heavy atom. The quantitative estimate of drug-likeness (QED) is 0.758. The highest BCUT2D eigenvalue weighted by molar-refractivity contribution is 6.21. The molecule has 2 amide bonds. The minimum atomic E-state index is -0.135. The molecule has 0 aliphatic carbocycles. The summed E-state index contributed by atoms with van der Waals surface area (Å²) in [6.07, 6.45) is 1.91. The maximum Gasteiger partial charge on any atom is 0.261 e. The average Bonchev–Trinajstić information content (AvgIpc) is 2.63. The fourth-order valence-electron chi connectivity index (χ4n) is 2.76. The molecule has 0 radical (unpaired) electrons. The second-order valence-corrected chi connectivity index (χ2v) is 5.03. The number of piperidine rings is 1. The van der Waals surface area contributed by atoms with Crippen LogP contribution in [0.4, 0.5) is 0 Å². The topological polar surface area (TPSA) is 49.4 Å². The van der Waals surface area contributed by atoms with E-state index in [9.17, 15) is 9.59 Å². The van der Waals surface area contributed by atoms with Gasteiger partial charge >= 0.3 is 0 Å². The van der Waals surface area contributed by atoms with Crippen molar-refractivity contribution in [3.05, 3.63) is 34.9 Å². The van der Waals surface area contributed by atoms with Gasteiger partial charge in [-0.05, 0) is 38.4 Å². The molecule has 1 aromatic rings. The maximum absolute atomic E-state index is 12.3. The lowest BCUT2D eigenvalue weighted by atomic mass is 10.1. The summed E-state index contributed by atoms with van der Waals surface area (Å²) >= 11 is 0. The van der Waals surface area contributed by atoms with Crippen LogP contribution >= 0.6 is 0 Å². The van der Waals surface area contributed by atoms with Gasteiger partial charge in [0.15, 0.2) is 0 Å². The van der Waals surface area contributed by atoms with Gasteiger partial charge in [0.2, 0.25) is 0 Å². The number of aryl methyl sites for hydroxylation is 1. The van der Waals surface area contributed by atoms with Crippen LogP contribution in [0.15, 0.2) is 18.2 Å². The Hall–Kier alpha value is -1.68.